The molecule has 5 amide bonds. The molecule has 14 heteroatoms. The zero-order valence-electron chi connectivity index (χ0n) is 36.4. The molecule has 4 fully saturated rings. The number of piperidine rings is 2. The third-order valence-electron chi connectivity index (χ3n) is 14.0. The molecule has 3 heterocycles. The van der Waals surface area contributed by atoms with Crippen molar-refractivity contribution in [2.45, 2.75) is 103 Å². The first-order valence-electron chi connectivity index (χ1n) is 21.8. The van der Waals surface area contributed by atoms with Gasteiger partial charge in [0.25, 0.3) is 17.7 Å². The molecule has 14 nitrogen and oxygen atoms in total. The number of amides is 5. The molecule has 3 aliphatic heterocycles. The van der Waals surface area contributed by atoms with E-state index >= 15 is 0 Å². The van der Waals surface area contributed by atoms with Crippen LogP contribution in [0.5, 0.6) is 17.2 Å². The lowest BCUT2D eigenvalue weighted by molar-refractivity contribution is -0.164. The number of hydrogen-bond acceptors (Lipinski definition) is 11. The van der Waals surface area contributed by atoms with Gasteiger partial charge in [-0.25, -0.2) is 0 Å². The molecule has 5 aliphatic rings. The minimum atomic E-state index is -0.999. The summed E-state index contributed by atoms with van der Waals surface area (Å²) in [7, 11) is 1.53. The molecule has 1 atom stereocenters. The van der Waals surface area contributed by atoms with Gasteiger partial charge in [-0.05, 0) is 86.3 Å². The summed E-state index contributed by atoms with van der Waals surface area (Å²) in [4.78, 5) is 69.9. The van der Waals surface area contributed by atoms with Crippen LogP contribution >= 0.6 is 0 Å². The first-order valence-corrected chi connectivity index (χ1v) is 21.8. The van der Waals surface area contributed by atoms with E-state index in [0.29, 0.717) is 40.3 Å². The van der Waals surface area contributed by atoms with Crippen LogP contribution in [0.15, 0.2) is 60.7 Å². The average molecular weight is 845 g/mol. The molecular formula is C48H56N6O8. The number of ether oxygens (including phenoxy) is 3. The largest absolute Gasteiger partial charge is 0.495 e. The van der Waals surface area contributed by atoms with E-state index < -0.39 is 29.7 Å². The Hall–Kier alpha value is -5.94. The lowest BCUT2D eigenvalue weighted by atomic mass is 9.49. The second kappa shape index (κ2) is 16.7. The predicted molar refractivity (Wildman–Crippen MR) is 230 cm³/mol. The van der Waals surface area contributed by atoms with E-state index in [0.717, 1.165) is 62.4 Å². The van der Waals surface area contributed by atoms with Gasteiger partial charge in [0.2, 0.25) is 11.8 Å². The molecule has 1 unspecified atom stereocenters. The van der Waals surface area contributed by atoms with Crippen LogP contribution in [0.25, 0.3) is 0 Å². The maximum Gasteiger partial charge on any atom is 0.262 e. The van der Waals surface area contributed by atoms with Crippen molar-refractivity contribution in [3.63, 3.8) is 0 Å². The first-order chi connectivity index (χ1) is 29.6. The van der Waals surface area contributed by atoms with E-state index in [4.69, 9.17) is 14.2 Å². The molecule has 0 radical (unpaired) electrons. The summed E-state index contributed by atoms with van der Waals surface area (Å²) in [5.74, 6) is -0.0229. The number of rotatable bonds is 13. The molecule has 62 heavy (non-hydrogen) atoms. The third-order valence-corrected chi connectivity index (χ3v) is 14.0. The molecule has 2 saturated heterocycles. The lowest BCUT2D eigenvalue weighted by Gasteiger charge is -2.63. The zero-order valence-corrected chi connectivity index (χ0v) is 36.4. The van der Waals surface area contributed by atoms with Crippen LogP contribution in [-0.2, 0) is 9.59 Å². The van der Waals surface area contributed by atoms with Crippen molar-refractivity contribution in [3.05, 3.63) is 82.9 Å². The summed E-state index contributed by atoms with van der Waals surface area (Å²) in [5.41, 5.74) is 1.93. The number of benzene rings is 3. The standard InChI is InChI=1S/C48H56N6O8/c1-7-52(32-22-35(23-32)61-33-14-15-36-37(24-33)44(59)54(43(36)58)38-16-17-40(55)50-42(38)57)27-28-18-20-53(21-19-28)31-11-8-29(9-12-31)41(56)51-45-47(2,3)46(48(45,4)5)62-34-13-10-30(26-49)39(25-34)60-6/h8-15,24-25,28,32,35,38,45-46H,7,16-23,27H2,1-6H3,(H,51,56)(H,50,55,57)/t32-,35-,38?,45-,46-. The molecule has 3 aromatic carbocycles. The van der Waals surface area contributed by atoms with Gasteiger partial charge in [0.05, 0.1) is 23.8 Å². The molecule has 2 aliphatic carbocycles. The maximum absolute atomic E-state index is 13.6. The highest BCUT2D eigenvalue weighted by atomic mass is 16.5. The number of carbonyl (C=O) groups excluding carboxylic acids is 5. The second-order valence-corrected chi connectivity index (χ2v) is 18.6. The minimum absolute atomic E-state index is 0.000200. The molecule has 0 aromatic heterocycles. The smallest absolute Gasteiger partial charge is 0.262 e. The van der Waals surface area contributed by atoms with Crippen molar-refractivity contribution >= 4 is 35.2 Å². The van der Waals surface area contributed by atoms with E-state index in [9.17, 15) is 29.2 Å². The van der Waals surface area contributed by atoms with Crippen LogP contribution in [0.4, 0.5) is 5.69 Å². The SMILES string of the molecule is CCN(CC1CCN(c2ccc(C(=O)N[C@H]3C(C)(C)[C@H](Oc4ccc(C#N)c(OC)c4)C3(C)C)cc2)CC1)[C@H]1C[C@H](Oc2ccc3c(c2)C(=O)N(C2CCC(=O)NC2=O)C3=O)C1. The van der Waals surface area contributed by atoms with Crippen molar-refractivity contribution in [2.24, 2.45) is 16.7 Å². The molecule has 0 spiro atoms. The molecule has 0 bridgehead atoms. The monoisotopic (exact) mass is 844 g/mol. The molecule has 2 N–H and O–H groups in total. The van der Waals surface area contributed by atoms with Gasteiger partial charge in [-0.1, -0.05) is 34.6 Å². The van der Waals surface area contributed by atoms with Crippen LogP contribution in [0.1, 0.15) is 110 Å². The summed E-state index contributed by atoms with van der Waals surface area (Å²) < 4.78 is 18.1. The zero-order chi connectivity index (χ0) is 44.1. The molecule has 3 aromatic rings. The number of methoxy groups -OCH3 is 1. The van der Waals surface area contributed by atoms with Gasteiger partial charge in [-0.2, -0.15) is 5.26 Å². The highest BCUT2D eigenvalue weighted by Gasteiger charge is 2.64. The number of imide groups is 2. The van der Waals surface area contributed by atoms with Crippen LogP contribution in [0, 0.1) is 28.1 Å². The Morgan fingerprint density at radius 1 is 0.887 bits per heavy atom. The lowest BCUT2D eigenvalue weighted by Crippen LogP contribution is -2.74. The fourth-order valence-corrected chi connectivity index (χ4v) is 10.7. The Bertz CT molecular complexity index is 2290. The predicted octanol–water partition coefficient (Wildman–Crippen LogP) is 5.73. The Morgan fingerprint density at radius 3 is 2.19 bits per heavy atom. The topological polar surface area (TPSA) is 171 Å². The number of hydrogen-bond donors (Lipinski definition) is 2. The van der Waals surface area contributed by atoms with Gasteiger partial charge < -0.3 is 29.3 Å². The minimum Gasteiger partial charge on any atom is -0.495 e. The van der Waals surface area contributed by atoms with Crippen molar-refractivity contribution in [1.82, 2.24) is 20.4 Å². The Balaban J connectivity index is 0.783. The molecular weight excluding hydrogens is 789 g/mol. The summed E-state index contributed by atoms with van der Waals surface area (Å²) in [6, 6.07) is 19.5. The molecule has 326 valence electrons. The average Bonchev–Trinajstić information content (AvgIpc) is 3.49. The van der Waals surface area contributed by atoms with Crippen molar-refractivity contribution in [2.75, 3.05) is 38.2 Å². The number of nitriles is 1. The maximum atomic E-state index is 13.6. The number of nitrogens with one attached hydrogen (secondary N) is 2. The third kappa shape index (κ3) is 7.87. The normalized spacial score (nSPS) is 25.3. The van der Waals surface area contributed by atoms with Crippen LogP contribution in [0.3, 0.4) is 0 Å². The number of nitrogens with zero attached hydrogens (tertiary/aromatic N) is 4. The quantitative estimate of drug-likeness (QED) is 0.202. The van der Waals surface area contributed by atoms with E-state index in [1.165, 1.54) is 7.11 Å². The van der Waals surface area contributed by atoms with E-state index in [1.54, 1.807) is 36.4 Å². The van der Waals surface area contributed by atoms with Crippen molar-refractivity contribution in [1.29, 1.82) is 5.26 Å². The van der Waals surface area contributed by atoms with Gasteiger partial charge in [-0.15, -0.1) is 0 Å². The van der Waals surface area contributed by atoms with Crippen LogP contribution < -0.4 is 29.7 Å². The Labute approximate surface area is 362 Å². The van der Waals surface area contributed by atoms with Gasteiger partial charge in [0.15, 0.2) is 0 Å². The van der Waals surface area contributed by atoms with E-state index in [1.807, 2.05) is 24.3 Å². The van der Waals surface area contributed by atoms with E-state index in [2.05, 4.69) is 61.1 Å². The number of carbonyl (C=O) groups is 5. The highest BCUT2D eigenvalue weighted by molar-refractivity contribution is 6.23. The highest BCUT2D eigenvalue weighted by Crippen LogP contribution is 2.55. The Morgan fingerprint density at radius 2 is 1.55 bits per heavy atom. The fraction of sp³-hybridized carbons (Fsp3) is 0.500. The van der Waals surface area contributed by atoms with Gasteiger partial charge in [0.1, 0.15) is 41.6 Å². The van der Waals surface area contributed by atoms with Crippen LogP contribution in [0.2, 0.25) is 0 Å². The van der Waals surface area contributed by atoms with Crippen LogP contribution in [-0.4, -0.2) is 103 Å². The number of anilines is 1. The summed E-state index contributed by atoms with van der Waals surface area (Å²) >= 11 is 0. The summed E-state index contributed by atoms with van der Waals surface area (Å²) in [5, 5.41) is 14.9. The Kier molecular flexibility index (Phi) is 11.5. The summed E-state index contributed by atoms with van der Waals surface area (Å²) in [6.07, 6.45) is 3.91. The van der Waals surface area contributed by atoms with Gasteiger partial charge >= 0.3 is 0 Å². The van der Waals surface area contributed by atoms with Crippen molar-refractivity contribution < 1.29 is 38.2 Å². The first kappa shape index (κ1) is 42.7. The van der Waals surface area contributed by atoms with Gasteiger partial charge in [0, 0.05) is 79.1 Å². The molecule has 2 saturated carbocycles. The van der Waals surface area contributed by atoms with Gasteiger partial charge in [-0.3, -0.25) is 34.2 Å². The van der Waals surface area contributed by atoms with E-state index in [-0.39, 0.29) is 59.0 Å². The number of fused-ring (bicyclic) bond motifs is 1. The van der Waals surface area contributed by atoms with Crippen molar-refractivity contribution in [3.8, 4) is 23.3 Å². The second-order valence-electron chi connectivity index (χ2n) is 18.6. The molecule has 8 rings (SSSR count). The fourth-order valence-electron chi connectivity index (χ4n) is 10.7. The summed E-state index contributed by atoms with van der Waals surface area (Å²) in [6.45, 7) is 14.5.